The summed E-state index contributed by atoms with van der Waals surface area (Å²) in [6.07, 6.45) is 3.32. The summed E-state index contributed by atoms with van der Waals surface area (Å²) >= 11 is 3.39. The quantitative estimate of drug-likeness (QED) is 0.768. The van der Waals surface area contributed by atoms with E-state index in [2.05, 4.69) is 33.2 Å². The van der Waals surface area contributed by atoms with E-state index in [0.29, 0.717) is 5.69 Å². The number of rotatable bonds is 5. The van der Waals surface area contributed by atoms with Gasteiger partial charge < -0.3 is 16.2 Å². The number of nitrogens with two attached hydrogens (primary N) is 1. The average molecular weight is 274 g/mol. The van der Waals surface area contributed by atoms with Crippen LogP contribution >= 0.6 is 15.9 Å². The van der Waals surface area contributed by atoms with E-state index < -0.39 is 0 Å². The Morgan fingerprint density at radius 1 is 1.67 bits per heavy atom. The summed E-state index contributed by atoms with van der Waals surface area (Å²) in [7, 11) is 0. The molecular weight excluding hydrogens is 258 g/mol. The molecule has 1 atom stereocenters. The maximum Gasteiger partial charge on any atom is 0.140 e. The predicted molar refractivity (Wildman–Crippen MR) is 65.8 cm³/mol. The van der Waals surface area contributed by atoms with Crippen molar-refractivity contribution in [1.82, 2.24) is 4.98 Å². The van der Waals surface area contributed by atoms with Crippen LogP contribution in [0.25, 0.3) is 0 Å². The molecule has 0 amide bonds. The number of nitrogens with zero attached hydrogens (tertiary/aromatic N) is 1. The van der Waals surface area contributed by atoms with E-state index in [9.17, 15) is 0 Å². The van der Waals surface area contributed by atoms with Crippen molar-refractivity contribution < 1.29 is 5.11 Å². The van der Waals surface area contributed by atoms with Crippen LogP contribution in [0.3, 0.4) is 0 Å². The maximum absolute atomic E-state index is 8.70. The minimum atomic E-state index is 0.225. The third-order valence-electron chi connectivity index (χ3n) is 2.04. The van der Waals surface area contributed by atoms with Crippen LogP contribution < -0.4 is 11.1 Å². The van der Waals surface area contributed by atoms with Gasteiger partial charge in [0.15, 0.2) is 0 Å². The molecule has 0 aliphatic heterocycles. The van der Waals surface area contributed by atoms with Crippen LogP contribution in [0.1, 0.15) is 19.8 Å². The first-order valence-corrected chi connectivity index (χ1v) is 5.71. The molecule has 0 radical (unpaired) electrons. The van der Waals surface area contributed by atoms with Crippen LogP contribution in [-0.2, 0) is 0 Å². The van der Waals surface area contributed by atoms with Crippen LogP contribution in [0.2, 0.25) is 0 Å². The van der Waals surface area contributed by atoms with Crippen LogP contribution in [0.5, 0.6) is 0 Å². The lowest BCUT2D eigenvalue weighted by Crippen LogP contribution is -2.16. The van der Waals surface area contributed by atoms with Gasteiger partial charge >= 0.3 is 0 Å². The Hall–Kier alpha value is -0.810. The number of aromatic nitrogens is 1. The van der Waals surface area contributed by atoms with Crippen molar-refractivity contribution in [3.05, 3.63) is 16.7 Å². The van der Waals surface area contributed by atoms with Crippen LogP contribution in [-0.4, -0.2) is 22.7 Å². The monoisotopic (exact) mass is 273 g/mol. The lowest BCUT2D eigenvalue weighted by molar-refractivity contribution is 0.282. The SMILES string of the molecule is CC(CCCO)Nc1ncc(N)cc1Br. The second-order valence-corrected chi connectivity index (χ2v) is 4.36. The molecule has 1 aromatic rings. The second-order valence-electron chi connectivity index (χ2n) is 3.51. The van der Waals surface area contributed by atoms with Gasteiger partial charge in [-0.3, -0.25) is 0 Å². The van der Waals surface area contributed by atoms with Gasteiger partial charge in [-0.05, 0) is 41.8 Å². The van der Waals surface area contributed by atoms with Gasteiger partial charge in [-0.2, -0.15) is 0 Å². The van der Waals surface area contributed by atoms with Gasteiger partial charge in [0, 0.05) is 12.6 Å². The number of nitrogens with one attached hydrogen (secondary N) is 1. The maximum atomic E-state index is 8.70. The average Bonchev–Trinajstić information content (AvgIpc) is 2.19. The van der Waals surface area contributed by atoms with Gasteiger partial charge in [-0.1, -0.05) is 0 Å². The molecule has 0 aliphatic rings. The number of aliphatic hydroxyl groups excluding tert-OH is 1. The van der Waals surface area contributed by atoms with Gasteiger partial charge in [0.05, 0.1) is 16.4 Å². The molecule has 0 fully saturated rings. The number of anilines is 2. The summed E-state index contributed by atoms with van der Waals surface area (Å²) < 4.78 is 0.860. The number of nitrogen functional groups attached to an aromatic ring is 1. The van der Waals surface area contributed by atoms with Crippen molar-refractivity contribution >= 4 is 27.4 Å². The Morgan fingerprint density at radius 2 is 2.40 bits per heavy atom. The molecule has 5 heteroatoms. The van der Waals surface area contributed by atoms with E-state index in [-0.39, 0.29) is 12.6 Å². The Labute approximate surface area is 98.0 Å². The summed E-state index contributed by atoms with van der Waals surface area (Å²) in [5, 5.41) is 12.0. The number of halogens is 1. The topological polar surface area (TPSA) is 71.2 Å². The molecule has 15 heavy (non-hydrogen) atoms. The van der Waals surface area contributed by atoms with Gasteiger partial charge in [0.25, 0.3) is 0 Å². The zero-order valence-corrected chi connectivity index (χ0v) is 10.3. The molecule has 0 aromatic carbocycles. The molecule has 1 heterocycles. The number of aliphatic hydroxyl groups is 1. The predicted octanol–water partition coefficient (Wildman–Crippen LogP) is 2.00. The first kappa shape index (κ1) is 12.3. The Balaban J connectivity index is 2.56. The third kappa shape index (κ3) is 4.05. The Kier molecular flexibility index (Phi) is 4.84. The molecule has 84 valence electrons. The standard InChI is InChI=1S/C10H16BrN3O/c1-7(3-2-4-15)14-10-9(11)5-8(12)6-13-10/h5-7,15H,2-4,12H2,1H3,(H,13,14). The van der Waals surface area contributed by atoms with Crippen molar-refractivity contribution in [2.24, 2.45) is 0 Å². The zero-order valence-electron chi connectivity index (χ0n) is 8.70. The van der Waals surface area contributed by atoms with E-state index in [0.717, 1.165) is 23.1 Å². The van der Waals surface area contributed by atoms with E-state index in [1.165, 1.54) is 0 Å². The Bertz CT molecular complexity index is 320. The number of hydrogen-bond acceptors (Lipinski definition) is 4. The summed E-state index contributed by atoms with van der Waals surface area (Å²) in [6, 6.07) is 2.10. The van der Waals surface area contributed by atoms with E-state index >= 15 is 0 Å². The fourth-order valence-electron chi connectivity index (χ4n) is 1.26. The minimum Gasteiger partial charge on any atom is -0.397 e. The molecule has 4 nitrogen and oxygen atoms in total. The van der Waals surface area contributed by atoms with E-state index in [1.807, 2.05) is 6.07 Å². The molecule has 4 N–H and O–H groups in total. The third-order valence-corrected chi connectivity index (χ3v) is 2.65. The highest BCUT2D eigenvalue weighted by molar-refractivity contribution is 9.10. The zero-order chi connectivity index (χ0) is 11.3. The number of hydrogen-bond donors (Lipinski definition) is 3. The van der Waals surface area contributed by atoms with Gasteiger partial charge in [0.2, 0.25) is 0 Å². The normalized spacial score (nSPS) is 12.5. The molecule has 0 aliphatic carbocycles. The van der Waals surface area contributed by atoms with E-state index in [4.69, 9.17) is 10.8 Å². The highest BCUT2D eigenvalue weighted by Gasteiger charge is 2.06. The van der Waals surface area contributed by atoms with Crippen LogP contribution in [0, 0.1) is 0 Å². The summed E-state index contributed by atoms with van der Waals surface area (Å²) in [6.45, 7) is 2.28. The largest absolute Gasteiger partial charge is 0.397 e. The fourth-order valence-corrected chi connectivity index (χ4v) is 1.74. The van der Waals surface area contributed by atoms with Gasteiger partial charge in [0.1, 0.15) is 5.82 Å². The fraction of sp³-hybridized carbons (Fsp3) is 0.500. The Morgan fingerprint density at radius 3 is 3.00 bits per heavy atom. The van der Waals surface area contributed by atoms with Crippen LogP contribution in [0.15, 0.2) is 16.7 Å². The first-order chi connectivity index (χ1) is 7.13. The molecule has 1 aromatic heterocycles. The molecule has 1 rings (SSSR count). The van der Waals surface area contributed by atoms with Gasteiger partial charge in [-0.25, -0.2) is 4.98 Å². The highest BCUT2D eigenvalue weighted by Crippen LogP contribution is 2.22. The number of pyridine rings is 1. The summed E-state index contributed by atoms with van der Waals surface area (Å²) in [5.74, 6) is 0.787. The van der Waals surface area contributed by atoms with Crippen molar-refractivity contribution in [1.29, 1.82) is 0 Å². The highest BCUT2D eigenvalue weighted by atomic mass is 79.9. The molecule has 0 saturated heterocycles. The molecular formula is C10H16BrN3O. The van der Waals surface area contributed by atoms with Gasteiger partial charge in [-0.15, -0.1) is 0 Å². The minimum absolute atomic E-state index is 0.225. The van der Waals surface area contributed by atoms with Crippen LogP contribution in [0.4, 0.5) is 11.5 Å². The summed E-state index contributed by atoms with van der Waals surface area (Å²) in [5.41, 5.74) is 6.22. The smallest absolute Gasteiger partial charge is 0.140 e. The molecule has 1 unspecified atom stereocenters. The first-order valence-electron chi connectivity index (χ1n) is 4.92. The lowest BCUT2D eigenvalue weighted by atomic mass is 10.2. The van der Waals surface area contributed by atoms with Crippen molar-refractivity contribution in [3.63, 3.8) is 0 Å². The molecule has 0 spiro atoms. The molecule has 0 bridgehead atoms. The van der Waals surface area contributed by atoms with Crippen molar-refractivity contribution in [2.45, 2.75) is 25.8 Å². The molecule has 0 saturated carbocycles. The van der Waals surface area contributed by atoms with Crippen molar-refractivity contribution in [3.8, 4) is 0 Å². The summed E-state index contributed by atoms with van der Waals surface area (Å²) in [4.78, 5) is 4.18. The lowest BCUT2D eigenvalue weighted by Gasteiger charge is -2.15. The van der Waals surface area contributed by atoms with E-state index in [1.54, 1.807) is 6.20 Å². The van der Waals surface area contributed by atoms with Crippen molar-refractivity contribution in [2.75, 3.05) is 17.7 Å². The second kappa shape index (κ2) is 5.92.